The Balaban J connectivity index is 1.78. The number of likely N-dealkylation sites (tertiary alicyclic amines) is 1. The van der Waals surface area contributed by atoms with E-state index in [9.17, 15) is 4.79 Å². The average Bonchev–Trinajstić information content (AvgIpc) is 2.69. The van der Waals surface area contributed by atoms with Crippen molar-refractivity contribution >= 4 is 6.09 Å². The van der Waals surface area contributed by atoms with Gasteiger partial charge in [-0.1, -0.05) is 12.8 Å². The van der Waals surface area contributed by atoms with Gasteiger partial charge in [0.25, 0.3) is 0 Å². The van der Waals surface area contributed by atoms with Crippen molar-refractivity contribution in [2.45, 2.75) is 44.2 Å². The molecule has 2 aliphatic rings. The highest BCUT2D eigenvalue weighted by molar-refractivity contribution is 5.64. The highest BCUT2D eigenvalue weighted by Crippen LogP contribution is 2.27. The summed E-state index contributed by atoms with van der Waals surface area (Å²) >= 11 is 0. The van der Waals surface area contributed by atoms with E-state index in [2.05, 4.69) is 4.90 Å². The first kappa shape index (κ1) is 9.77. The zero-order chi connectivity index (χ0) is 9.97. The summed E-state index contributed by atoms with van der Waals surface area (Å²) in [7, 11) is 0. The summed E-state index contributed by atoms with van der Waals surface area (Å²) < 4.78 is 5.00. The van der Waals surface area contributed by atoms with Gasteiger partial charge in [-0.25, -0.2) is 4.79 Å². The summed E-state index contributed by atoms with van der Waals surface area (Å²) in [5, 5.41) is 0. The largest absolute Gasteiger partial charge is 0.445 e. The molecular formula is C10H18N2O2. The van der Waals surface area contributed by atoms with E-state index in [0.717, 1.165) is 25.6 Å². The maximum atomic E-state index is 10.6. The quantitative estimate of drug-likeness (QED) is 0.722. The first-order valence-electron chi connectivity index (χ1n) is 5.46. The number of nitrogens with two attached hydrogens (primary N) is 1. The number of hydrogen-bond donors (Lipinski definition) is 1. The zero-order valence-electron chi connectivity index (χ0n) is 8.45. The molecule has 0 bridgehead atoms. The number of rotatable bonds is 2. The van der Waals surface area contributed by atoms with E-state index in [4.69, 9.17) is 10.5 Å². The first-order chi connectivity index (χ1) is 6.75. The Morgan fingerprint density at radius 3 is 2.64 bits per heavy atom. The molecule has 4 heteroatoms. The van der Waals surface area contributed by atoms with E-state index in [1.807, 2.05) is 0 Å². The van der Waals surface area contributed by atoms with Gasteiger partial charge < -0.3 is 10.5 Å². The molecule has 0 radical (unpaired) electrons. The van der Waals surface area contributed by atoms with Gasteiger partial charge in [0.2, 0.25) is 0 Å². The summed E-state index contributed by atoms with van der Waals surface area (Å²) in [6.45, 7) is 1.94. The van der Waals surface area contributed by atoms with Crippen LogP contribution in [-0.4, -0.2) is 36.2 Å². The summed E-state index contributed by atoms with van der Waals surface area (Å²) in [5.41, 5.74) is 4.99. The summed E-state index contributed by atoms with van der Waals surface area (Å²) in [6, 6.07) is 0.733. The molecule has 1 atom stereocenters. The second-order valence-electron chi connectivity index (χ2n) is 4.28. The minimum Gasteiger partial charge on any atom is -0.445 e. The van der Waals surface area contributed by atoms with Gasteiger partial charge in [-0.3, -0.25) is 4.90 Å². The molecule has 1 saturated heterocycles. The van der Waals surface area contributed by atoms with Crippen molar-refractivity contribution in [2.75, 3.05) is 13.1 Å². The van der Waals surface area contributed by atoms with Crippen molar-refractivity contribution in [2.24, 2.45) is 5.73 Å². The van der Waals surface area contributed by atoms with Crippen LogP contribution in [0.3, 0.4) is 0 Å². The molecule has 80 valence electrons. The molecule has 4 nitrogen and oxygen atoms in total. The topological polar surface area (TPSA) is 55.6 Å². The Morgan fingerprint density at radius 1 is 1.29 bits per heavy atom. The number of ether oxygens (including phenoxy) is 1. The molecule has 0 spiro atoms. The molecule has 0 unspecified atom stereocenters. The minimum atomic E-state index is -0.636. The van der Waals surface area contributed by atoms with Crippen molar-refractivity contribution < 1.29 is 9.53 Å². The lowest BCUT2D eigenvalue weighted by atomic mass is 10.2. The van der Waals surface area contributed by atoms with E-state index in [-0.39, 0.29) is 6.10 Å². The monoisotopic (exact) mass is 198 g/mol. The van der Waals surface area contributed by atoms with Gasteiger partial charge in [0.05, 0.1) is 0 Å². The van der Waals surface area contributed by atoms with Crippen LogP contribution in [0.5, 0.6) is 0 Å². The smallest absolute Gasteiger partial charge is 0.404 e. The van der Waals surface area contributed by atoms with Gasteiger partial charge in [0.1, 0.15) is 6.10 Å². The van der Waals surface area contributed by atoms with Crippen LogP contribution in [0.4, 0.5) is 4.79 Å². The van der Waals surface area contributed by atoms with Crippen molar-refractivity contribution in [3.8, 4) is 0 Å². The number of primary amides is 1. The van der Waals surface area contributed by atoms with Gasteiger partial charge in [-0.05, 0) is 19.3 Å². The molecule has 0 aromatic carbocycles. The highest BCUT2D eigenvalue weighted by Gasteiger charge is 2.31. The maximum Gasteiger partial charge on any atom is 0.404 e. The summed E-state index contributed by atoms with van der Waals surface area (Å²) in [4.78, 5) is 13.0. The minimum absolute atomic E-state index is 0.0353. The van der Waals surface area contributed by atoms with Crippen LogP contribution >= 0.6 is 0 Å². The van der Waals surface area contributed by atoms with Gasteiger partial charge in [-0.2, -0.15) is 0 Å². The fraction of sp³-hybridized carbons (Fsp3) is 0.900. The molecule has 1 heterocycles. The second kappa shape index (κ2) is 4.17. The molecular weight excluding hydrogens is 180 g/mol. The number of nitrogens with zero attached hydrogens (tertiary/aromatic N) is 1. The number of carbonyl (C=O) groups is 1. The summed E-state index contributed by atoms with van der Waals surface area (Å²) in [6.07, 6.45) is 5.66. The van der Waals surface area contributed by atoms with E-state index in [0.29, 0.717) is 0 Å². The van der Waals surface area contributed by atoms with Crippen LogP contribution in [0.25, 0.3) is 0 Å². The molecule has 1 aliphatic heterocycles. The Bertz CT molecular complexity index is 214. The van der Waals surface area contributed by atoms with Gasteiger partial charge in [-0.15, -0.1) is 0 Å². The molecule has 2 N–H and O–H groups in total. The lowest BCUT2D eigenvalue weighted by molar-refractivity contribution is 0.105. The molecule has 2 rings (SSSR count). The number of amides is 1. The van der Waals surface area contributed by atoms with E-state index in [1.165, 1.54) is 25.7 Å². The van der Waals surface area contributed by atoms with Crippen molar-refractivity contribution in [3.63, 3.8) is 0 Å². The lowest BCUT2D eigenvalue weighted by Crippen LogP contribution is -2.33. The van der Waals surface area contributed by atoms with Crippen molar-refractivity contribution in [1.82, 2.24) is 4.90 Å². The van der Waals surface area contributed by atoms with Crippen LogP contribution in [0.2, 0.25) is 0 Å². The fourth-order valence-electron chi connectivity index (χ4n) is 2.62. The Hall–Kier alpha value is -0.770. The van der Waals surface area contributed by atoms with Crippen LogP contribution in [0, 0.1) is 0 Å². The first-order valence-corrected chi connectivity index (χ1v) is 5.46. The van der Waals surface area contributed by atoms with E-state index < -0.39 is 6.09 Å². The third-order valence-electron chi connectivity index (χ3n) is 3.30. The molecule has 0 aromatic heterocycles. The molecule has 1 saturated carbocycles. The van der Waals surface area contributed by atoms with Gasteiger partial charge in [0.15, 0.2) is 0 Å². The van der Waals surface area contributed by atoms with Crippen LogP contribution < -0.4 is 5.73 Å². The third-order valence-corrected chi connectivity index (χ3v) is 3.30. The van der Waals surface area contributed by atoms with Crippen LogP contribution in [0.1, 0.15) is 32.1 Å². The Kier molecular flexibility index (Phi) is 2.91. The van der Waals surface area contributed by atoms with Crippen molar-refractivity contribution in [3.05, 3.63) is 0 Å². The van der Waals surface area contributed by atoms with Gasteiger partial charge in [0, 0.05) is 19.1 Å². The Labute approximate surface area is 84.4 Å². The molecule has 2 fully saturated rings. The Morgan fingerprint density at radius 2 is 2.00 bits per heavy atom. The maximum absolute atomic E-state index is 10.6. The average molecular weight is 198 g/mol. The highest BCUT2D eigenvalue weighted by atomic mass is 16.6. The second-order valence-corrected chi connectivity index (χ2v) is 4.28. The zero-order valence-corrected chi connectivity index (χ0v) is 8.45. The third kappa shape index (κ3) is 2.18. The van der Waals surface area contributed by atoms with Gasteiger partial charge >= 0.3 is 6.09 Å². The SMILES string of the molecule is NC(=O)O[C@@H]1CCN(C2CCCC2)C1. The summed E-state index contributed by atoms with van der Waals surface area (Å²) in [5.74, 6) is 0. The van der Waals surface area contributed by atoms with Crippen LogP contribution in [0.15, 0.2) is 0 Å². The van der Waals surface area contributed by atoms with E-state index >= 15 is 0 Å². The van der Waals surface area contributed by atoms with E-state index in [1.54, 1.807) is 0 Å². The lowest BCUT2D eigenvalue weighted by Gasteiger charge is -2.22. The molecule has 1 amide bonds. The van der Waals surface area contributed by atoms with Crippen molar-refractivity contribution in [1.29, 1.82) is 0 Å². The predicted octanol–water partition coefficient (Wildman–Crippen LogP) is 1.10. The number of carbonyl (C=O) groups excluding carboxylic acids is 1. The molecule has 1 aliphatic carbocycles. The normalized spacial score (nSPS) is 29.6. The molecule has 0 aromatic rings. The predicted molar refractivity (Wildman–Crippen MR) is 52.9 cm³/mol. The molecule has 14 heavy (non-hydrogen) atoms. The van der Waals surface area contributed by atoms with Crippen LogP contribution in [-0.2, 0) is 4.74 Å². The fourth-order valence-corrected chi connectivity index (χ4v) is 2.62. The number of hydrogen-bond acceptors (Lipinski definition) is 3. The standard InChI is InChI=1S/C10H18N2O2/c11-10(13)14-9-5-6-12(7-9)8-3-1-2-4-8/h8-9H,1-7H2,(H2,11,13)/t9-/m1/s1.